The van der Waals surface area contributed by atoms with Crippen LogP contribution in [0.15, 0.2) is 38.2 Å². The Morgan fingerprint density at radius 1 is 0.963 bits per heavy atom. The molecule has 0 aliphatic rings. The number of hydrogen-bond donors (Lipinski definition) is 1. The van der Waals surface area contributed by atoms with Gasteiger partial charge in [-0.15, -0.1) is 0 Å². The first-order valence-electron chi connectivity index (χ1n) is 7.74. The van der Waals surface area contributed by atoms with Crippen molar-refractivity contribution in [3.8, 4) is 0 Å². The molecule has 2 heterocycles. The number of carbonyl (C=O) groups excluding carboxylic acids is 1. The van der Waals surface area contributed by atoms with E-state index in [1.165, 1.54) is 31.1 Å². The average molecular weight is 419 g/mol. The van der Waals surface area contributed by atoms with Crippen molar-refractivity contribution in [1.82, 2.24) is 9.97 Å². The third-order valence-electron chi connectivity index (χ3n) is 2.39. The summed E-state index contributed by atoms with van der Waals surface area (Å²) in [6, 6.07) is 0. The lowest BCUT2D eigenvalue weighted by Crippen LogP contribution is -2.27. The summed E-state index contributed by atoms with van der Waals surface area (Å²) in [6.45, 7) is 11.1. The normalized spacial score (nSPS) is 13.7. The number of oxazole rings is 2. The number of aldehydes is 1. The fourth-order valence-electron chi connectivity index (χ4n) is 0.842. The van der Waals surface area contributed by atoms with E-state index >= 15 is 0 Å². The number of rotatable bonds is 3. The Labute approximate surface area is 164 Å². The fourth-order valence-corrected chi connectivity index (χ4v) is 1.34. The van der Waals surface area contributed by atoms with Gasteiger partial charge in [-0.25, -0.2) is 18.4 Å². The van der Waals surface area contributed by atoms with Gasteiger partial charge in [0, 0.05) is 0 Å². The van der Waals surface area contributed by atoms with E-state index < -0.39 is 22.0 Å². The third kappa shape index (κ3) is 12.1. The fraction of sp³-hybridized carbons (Fsp3) is 0.500. The van der Waals surface area contributed by atoms with Gasteiger partial charge in [0.25, 0.3) is 5.89 Å². The van der Waals surface area contributed by atoms with Crippen molar-refractivity contribution in [2.75, 3.05) is 0 Å². The van der Waals surface area contributed by atoms with Gasteiger partial charge >= 0.3 is 0 Å². The van der Waals surface area contributed by atoms with Gasteiger partial charge in [-0.3, -0.25) is 9.93 Å². The van der Waals surface area contributed by atoms with Crippen molar-refractivity contribution < 1.29 is 22.0 Å². The molecule has 0 amide bonds. The van der Waals surface area contributed by atoms with Crippen LogP contribution in [0.4, 0.5) is 0 Å². The van der Waals surface area contributed by atoms with Gasteiger partial charge in [-0.1, -0.05) is 0 Å². The minimum absolute atomic E-state index is 0.125. The summed E-state index contributed by atoms with van der Waals surface area (Å²) >= 11 is 0. The van der Waals surface area contributed by atoms with Crippen LogP contribution in [-0.4, -0.2) is 40.4 Å². The zero-order chi connectivity index (χ0) is 21.1. The number of hydrogen-bond acceptors (Lipinski definition) is 7. The Morgan fingerprint density at radius 2 is 1.41 bits per heavy atom. The molecule has 2 N–H and O–H groups in total. The molecule has 9 nitrogen and oxygen atoms in total. The van der Waals surface area contributed by atoms with E-state index in [1.807, 2.05) is 41.5 Å². The van der Waals surface area contributed by atoms with Crippen LogP contribution >= 0.6 is 0 Å². The van der Waals surface area contributed by atoms with Crippen LogP contribution in [-0.2, 0) is 22.0 Å². The highest BCUT2D eigenvalue weighted by molar-refractivity contribution is 7.85. The van der Waals surface area contributed by atoms with Crippen LogP contribution in [0.3, 0.4) is 0 Å². The molecule has 0 saturated carbocycles. The van der Waals surface area contributed by atoms with Crippen molar-refractivity contribution in [2.24, 2.45) is 9.54 Å². The van der Waals surface area contributed by atoms with E-state index in [0.29, 0.717) is 12.2 Å². The average Bonchev–Trinajstić information content (AvgIpc) is 3.25. The third-order valence-corrected chi connectivity index (χ3v) is 4.94. The largest absolute Gasteiger partial charge is 0.444 e. The van der Waals surface area contributed by atoms with Crippen LogP contribution in [0.1, 0.15) is 58.1 Å². The van der Waals surface area contributed by atoms with Crippen LogP contribution in [0, 0.1) is 0 Å². The van der Waals surface area contributed by atoms with E-state index in [4.69, 9.17) is 9.56 Å². The summed E-state index contributed by atoms with van der Waals surface area (Å²) in [5.41, 5.74) is 0. The highest BCUT2D eigenvalue weighted by atomic mass is 32.2. The summed E-state index contributed by atoms with van der Waals surface area (Å²) < 4.78 is 34.4. The van der Waals surface area contributed by atoms with E-state index in [0.717, 1.165) is 0 Å². The van der Waals surface area contributed by atoms with Gasteiger partial charge in [-0.05, 0) is 41.5 Å². The van der Waals surface area contributed by atoms with E-state index in [1.54, 1.807) is 0 Å². The van der Waals surface area contributed by atoms with Gasteiger partial charge in [-0.2, -0.15) is 4.40 Å². The number of nitrogens with two attached hydrogens (primary N) is 1. The van der Waals surface area contributed by atoms with E-state index in [-0.39, 0.29) is 15.4 Å². The summed E-state index contributed by atoms with van der Waals surface area (Å²) in [5.74, 6) is 0.498. The molecule has 27 heavy (non-hydrogen) atoms. The molecule has 0 radical (unpaired) electrons. The Hall–Kier alpha value is -1.98. The Morgan fingerprint density at radius 3 is 1.67 bits per heavy atom. The lowest BCUT2D eigenvalue weighted by Gasteiger charge is -2.12. The molecule has 2 atom stereocenters. The maximum Gasteiger partial charge on any atom is 0.259 e. The molecule has 0 spiro atoms. The van der Waals surface area contributed by atoms with Crippen LogP contribution in [0.25, 0.3) is 0 Å². The minimum atomic E-state index is -1.25. The highest BCUT2D eigenvalue weighted by Crippen LogP contribution is 2.11. The summed E-state index contributed by atoms with van der Waals surface area (Å²) in [4.78, 5) is 17.0. The first-order chi connectivity index (χ1) is 12.4. The number of nitrogens with zero attached hydrogens (tertiary/aromatic N) is 3. The first-order valence-corrected chi connectivity index (χ1v) is 10.1. The summed E-state index contributed by atoms with van der Waals surface area (Å²) in [6.07, 6.45) is 7.66. The maximum atomic E-state index is 11.4. The molecule has 0 fully saturated rings. The van der Waals surface area contributed by atoms with E-state index in [9.17, 15) is 13.2 Å². The van der Waals surface area contributed by atoms with Crippen molar-refractivity contribution >= 4 is 34.5 Å². The van der Waals surface area contributed by atoms with Crippen LogP contribution in [0.5, 0.6) is 0 Å². The monoisotopic (exact) mass is 418 g/mol. The van der Waals surface area contributed by atoms with Gasteiger partial charge in [0.05, 0.1) is 32.9 Å². The zero-order valence-electron chi connectivity index (χ0n) is 16.2. The molecule has 11 heteroatoms. The second kappa shape index (κ2) is 11.7. The predicted octanol–water partition coefficient (Wildman–Crippen LogP) is 2.45. The molecule has 0 bridgehead atoms. The molecule has 0 saturated heterocycles. The quantitative estimate of drug-likeness (QED) is 0.596. The molecule has 2 aromatic rings. The Kier molecular flexibility index (Phi) is 10.8. The Bertz CT molecular complexity index is 730. The van der Waals surface area contributed by atoms with E-state index in [2.05, 4.69) is 18.8 Å². The standard InChI is InChI=1S/C8H12N2O2S.C4H3NO2.C4H11NOS/c1-8(2,3)13(11)10-6-7-9-4-5-12-7;6-3-4-5-1-2-7-4;1-4(2,3)7(5)6/h4-6H,1-3H3;1-3H;5H2,1-3H3. The molecule has 2 aromatic heterocycles. The summed E-state index contributed by atoms with van der Waals surface area (Å²) in [5, 5.41) is 5.04. The van der Waals surface area contributed by atoms with Gasteiger partial charge in [0.15, 0.2) is 0 Å². The highest BCUT2D eigenvalue weighted by Gasteiger charge is 2.18. The van der Waals surface area contributed by atoms with Crippen LogP contribution in [0.2, 0.25) is 0 Å². The number of carbonyl (C=O) groups is 1. The topological polar surface area (TPSA) is 142 Å². The van der Waals surface area contributed by atoms with Crippen LogP contribution < -0.4 is 5.14 Å². The Balaban J connectivity index is 0.000000410. The SMILES string of the molecule is CC(C)(C)S(=O)N=Cc1ncco1.CC(C)(C)S(N)=O.O=Cc1ncco1. The molecular formula is C16H26N4O5S2. The minimum Gasteiger partial charge on any atom is -0.444 e. The first kappa shape index (κ1) is 25.0. The molecular weight excluding hydrogens is 392 g/mol. The molecule has 2 rings (SSSR count). The molecule has 0 aromatic carbocycles. The predicted molar refractivity (Wildman–Crippen MR) is 106 cm³/mol. The molecule has 152 valence electrons. The lowest BCUT2D eigenvalue weighted by molar-refractivity contribution is 0.109. The van der Waals surface area contributed by atoms with Gasteiger partial charge in [0.2, 0.25) is 12.2 Å². The van der Waals surface area contributed by atoms with Gasteiger partial charge in [0.1, 0.15) is 29.7 Å². The second-order valence-corrected chi connectivity index (χ2v) is 10.6. The van der Waals surface area contributed by atoms with Gasteiger partial charge < -0.3 is 8.83 Å². The van der Waals surface area contributed by atoms with Crippen molar-refractivity contribution in [2.45, 2.75) is 51.0 Å². The van der Waals surface area contributed by atoms with Crippen molar-refractivity contribution in [1.29, 1.82) is 0 Å². The maximum absolute atomic E-state index is 11.4. The second-order valence-electron chi connectivity index (χ2n) is 6.86. The lowest BCUT2D eigenvalue weighted by atomic mass is 10.3. The smallest absolute Gasteiger partial charge is 0.259 e. The number of aromatic nitrogens is 2. The van der Waals surface area contributed by atoms with Crippen molar-refractivity contribution in [3.05, 3.63) is 36.7 Å². The molecule has 0 aliphatic carbocycles. The van der Waals surface area contributed by atoms with Crippen molar-refractivity contribution in [3.63, 3.8) is 0 Å². The zero-order valence-corrected chi connectivity index (χ0v) is 17.9. The molecule has 0 aliphatic heterocycles. The molecule has 2 unspecified atom stereocenters. The summed E-state index contributed by atoms with van der Waals surface area (Å²) in [7, 11) is -2.44.